The van der Waals surface area contributed by atoms with Crippen molar-refractivity contribution in [2.45, 2.75) is 6.92 Å². The molecule has 0 spiro atoms. The van der Waals surface area contributed by atoms with Crippen molar-refractivity contribution >= 4 is 29.0 Å². The lowest BCUT2D eigenvalue weighted by molar-refractivity contribution is 0.262. The zero-order valence-corrected chi connectivity index (χ0v) is 12.3. The van der Waals surface area contributed by atoms with E-state index in [1.54, 1.807) is 25.3 Å². The summed E-state index contributed by atoms with van der Waals surface area (Å²) >= 11 is 5.65. The predicted octanol–water partition coefficient (Wildman–Crippen LogP) is 4.44. The second-order valence-corrected chi connectivity index (χ2v) is 4.82. The van der Waals surface area contributed by atoms with Crippen molar-refractivity contribution < 1.29 is 13.9 Å². The largest absolute Gasteiger partial charge is 0.497 e. The summed E-state index contributed by atoms with van der Waals surface area (Å²) in [5, 5.41) is 5.34. The molecule has 0 aromatic heterocycles. The van der Waals surface area contributed by atoms with Crippen LogP contribution in [-0.4, -0.2) is 13.1 Å². The van der Waals surface area contributed by atoms with E-state index in [2.05, 4.69) is 10.6 Å². The Morgan fingerprint density at radius 3 is 2.43 bits per heavy atom. The summed E-state index contributed by atoms with van der Waals surface area (Å²) in [5.41, 5.74) is 1.51. The lowest BCUT2D eigenvalue weighted by Crippen LogP contribution is -2.20. The van der Waals surface area contributed by atoms with Crippen LogP contribution in [0.1, 0.15) is 5.56 Å². The number of hydrogen-bond acceptors (Lipinski definition) is 2. The molecule has 21 heavy (non-hydrogen) atoms. The number of halogens is 2. The van der Waals surface area contributed by atoms with Crippen LogP contribution in [0.5, 0.6) is 5.75 Å². The van der Waals surface area contributed by atoms with E-state index in [-0.39, 0.29) is 10.7 Å². The number of anilines is 2. The Morgan fingerprint density at radius 1 is 1.14 bits per heavy atom. The number of carbonyl (C=O) groups excluding carboxylic acids is 1. The van der Waals surface area contributed by atoms with Crippen LogP contribution in [0.25, 0.3) is 0 Å². The SMILES string of the molecule is COc1ccc(NC(=O)Nc2ccc(Cl)cc2F)c(C)c1. The molecule has 2 amide bonds. The Hall–Kier alpha value is -2.27. The number of benzene rings is 2. The highest BCUT2D eigenvalue weighted by Crippen LogP contribution is 2.22. The Morgan fingerprint density at radius 2 is 1.81 bits per heavy atom. The molecule has 0 aliphatic heterocycles. The van der Waals surface area contributed by atoms with Crippen LogP contribution < -0.4 is 15.4 Å². The maximum absolute atomic E-state index is 13.6. The molecule has 2 rings (SSSR count). The number of nitrogens with one attached hydrogen (secondary N) is 2. The number of carbonyl (C=O) groups is 1. The lowest BCUT2D eigenvalue weighted by Gasteiger charge is -2.11. The minimum atomic E-state index is -0.593. The molecule has 0 radical (unpaired) electrons. The average molecular weight is 309 g/mol. The van der Waals surface area contributed by atoms with E-state index < -0.39 is 11.8 Å². The highest BCUT2D eigenvalue weighted by atomic mass is 35.5. The van der Waals surface area contributed by atoms with E-state index in [0.717, 1.165) is 11.6 Å². The molecule has 0 fully saturated rings. The Balaban J connectivity index is 2.08. The molecule has 110 valence electrons. The molecule has 0 saturated heterocycles. The topological polar surface area (TPSA) is 50.4 Å². The Kier molecular flexibility index (Phi) is 4.65. The van der Waals surface area contributed by atoms with Crippen LogP contribution in [0.2, 0.25) is 5.02 Å². The first-order valence-electron chi connectivity index (χ1n) is 6.17. The molecule has 2 N–H and O–H groups in total. The van der Waals surface area contributed by atoms with Crippen LogP contribution >= 0.6 is 11.6 Å². The summed E-state index contributed by atoms with van der Waals surface area (Å²) in [7, 11) is 1.57. The van der Waals surface area contributed by atoms with E-state index in [1.165, 1.54) is 12.1 Å². The van der Waals surface area contributed by atoms with Gasteiger partial charge in [0.05, 0.1) is 12.8 Å². The molecule has 0 unspecified atom stereocenters. The van der Waals surface area contributed by atoms with Gasteiger partial charge in [-0.2, -0.15) is 0 Å². The van der Waals surface area contributed by atoms with Gasteiger partial charge in [-0.15, -0.1) is 0 Å². The molecule has 0 atom stereocenters. The molecule has 2 aromatic rings. The summed E-state index contributed by atoms with van der Waals surface area (Å²) in [6.45, 7) is 1.83. The lowest BCUT2D eigenvalue weighted by atomic mass is 10.2. The second kappa shape index (κ2) is 6.45. The molecule has 0 aliphatic carbocycles. The number of rotatable bonds is 3. The van der Waals surface area contributed by atoms with Crippen molar-refractivity contribution in [1.82, 2.24) is 0 Å². The third kappa shape index (κ3) is 3.86. The molecule has 2 aromatic carbocycles. The number of aryl methyl sites for hydroxylation is 1. The molecule has 0 saturated carbocycles. The fourth-order valence-electron chi connectivity index (χ4n) is 1.77. The van der Waals surface area contributed by atoms with Gasteiger partial charge in [0.2, 0.25) is 0 Å². The van der Waals surface area contributed by atoms with E-state index >= 15 is 0 Å². The monoisotopic (exact) mass is 308 g/mol. The van der Waals surface area contributed by atoms with Crippen LogP contribution in [0.4, 0.5) is 20.6 Å². The van der Waals surface area contributed by atoms with E-state index in [4.69, 9.17) is 16.3 Å². The third-order valence-electron chi connectivity index (χ3n) is 2.86. The highest BCUT2D eigenvalue weighted by molar-refractivity contribution is 6.30. The van der Waals surface area contributed by atoms with Crippen LogP contribution in [0, 0.1) is 12.7 Å². The van der Waals surface area contributed by atoms with Gasteiger partial charge in [-0.05, 0) is 48.9 Å². The van der Waals surface area contributed by atoms with Gasteiger partial charge >= 0.3 is 6.03 Å². The van der Waals surface area contributed by atoms with Crippen molar-refractivity contribution in [2.75, 3.05) is 17.7 Å². The maximum Gasteiger partial charge on any atom is 0.323 e. The van der Waals surface area contributed by atoms with E-state index in [0.29, 0.717) is 11.4 Å². The first-order chi connectivity index (χ1) is 9.99. The summed E-state index contributed by atoms with van der Waals surface area (Å²) in [6, 6.07) is 8.73. The van der Waals surface area contributed by atoms with Crippen LogP contribution in [0.15, 0.2) is 36.4 Å². The molecule has 6 heteroatoms. The Bertz CT molecular complexity index is 677. The van der Waals surface area contributed by atoms with Gasteiger partial charge in [0.1, 0.15) is 11.6 Å². The third-order valence-corrected chi connectivity index (χ3v) is 3.10. The van der Waals surface area contributed by atoms with E-state index in [1.807, 2.05) is 6.92 Å². The zero-order valence-electron chi connectivity index (χ0n) is 11.5. The smallest absolute Gasteiger partial charge is 0.323 e. The molecular weight excluding hydrogens is 295 g/mol. The average Bonchev–Trinajstić information content (AvgIpc) is 2.44. The number of hydrogen-bond donors (Lipinski definition) is 2. The van der Waals surface area contributed by atoms with Gasteiger partial charge in [0.25, 0.3) is 0 Å². The summed E-state index contributed by atoms with van der Waals surface area (Å²) in [4.78, 5) is 11.9. The van der Waals surface area contributed by atoms with Crippen molar-refractivity contribution in [3.63, 3.8) is 0 Å². The standard InChI is InChI=1S/C15H14ClFN2O2/c1-9-7-11(21-2)4-6-13(9)18-15(20)19-14-5-3-10(16)8-12(14)17/h3-8H,1-2H3,(H2,18,19,20). The van der Waals surface area contributed by atoms with Gasteiger partial charge in [-0.1, -0.05) is 11.6 Å². The van der Waals surface area contributed by atoms with E-state index in [9.17, 15) is 9.18 Å². The normalized spacial score (nSPS) is 10.1. The van der Waals surface area contributed by atoms with Gasteiger partial charge in [-0.3, -0.25) is 0 Å². The molecule has 0 bridgehead atoms. The number of ether oxygens (including phenoxy) is 1. The molecule has 0 heterocycles. The number of urea groups is 1. The van der Waals surface area contributed by atoms with Crippen LogP contribution in [-0.2, 0) is 0 Å². The summed E-state index contributed by atoms with van der Waals surface area (Å²) in [5.74, 6) is 0.103. The minimum absolute atomic E-state index is 0.0584. The number of methoxy groups -OCH3 is 1. The van der Waals surface area contributed by atoms with Crippen molar-refractivity contribution in [3.8, 4) is 5.75 Å². The molecule has 4 nitrogen and oxygen atoms in total. The minimum Gasteiger partial charge on any atom is -0.497 e. The van der Waals surface area contributed by atoms with Gasteiger partial charge < -0.3 is 15.4 Å². The zero-order chi connectivity index (χ0) is 15.4. The molecule has 0 aliphatic rings. The first kappa shape index (κ1) is 15.1. The summed E-state index contributed by atoms with van der Waals surface area (Å²) in [6.07, 6.45) is 0. The summed E-state index contributed by atoms with van der Waals surface area (Å²) < 4.78 is 18.7. The fourth-order valence-corrected chi connectivity index (χ4v) is 1.93. The highest BCUT2D eigenvalue weighted by Gasteiger charge is 2.09. The fraction of sp³-hybridized carbons (Fsp3) is 0.133. The van der Waals surface area contributed by atoms with Crippen molar-refractivity contribution in [1.29, 1.82) is 0 Å². The van der Waals surface area contributed by atoms with Gasteiger partial charge in [0, 0.05) is 10.7 Å². The van der Waals surface area contributed by atoms with Crippen LogP contribution in [0.3, 0.4) is 0 Å². The predicted molar refractivity (Wildman–Crippen MR) is 81.8 cm³/mol. The maximum atomic E-state index is 13.6. The quantitative estimate of drug-likeness (QED) is 0.880. The first-order valence-corrected chi connectivity index (χ1v) is 6.55. The van der Waals surface area contributed by atoms with Gasteiger partial charge in [-0.25, -0.2) is 9.18 Å². The number of amides is 2. The van der Waals surface area contributed by atoms with Crippen molar-refractivity contribution in [2.24, 2.45) is 0 Å². The van der Waals surface area contributed by atoms with Crippen molar-refractivity contribution in [3.05, 3.63) is 52.8 Å². The van der Waals surface area contributed by atoms with Gasteiger partial charge in [0.15, 0.2) is 0 Å². The Labute approximate surface area is 126 Å². The second-order valence-electron chi connectivity index (χ2n) is 4.38. The molecular formula is C15H14ClFN2O2.